The Hall–Kier alpha value is -3.16. The van der Waals surface area contributed by atoms with Crippen molar-refractivity contribution in [1.82, 2.24) is 4.90 Å². The van der Waals surface area contributed by atoms with E-state index in [4.69, 9.17) is 4.74 Å². The van der Waals surface area contributed by atoms with Crippen molar-refractivity contribution in [3.63, 3.8) is 0 Å². The largest absolute Gasteiger partial charge is 0.465 e. The van der Waals surface area contributed by atoms with Crippen LogP contribution in [0.5, 0.6) is 0 Å². The Morgan fingerprint density at radius 2 is 2.00 bits per heavy atom. The van der Waals surface area contributed by atoms with Gasteiger partial charge in [-0.05, 0) is 30.7 Å². The van der Waals surface area contributed by atoms with Crippen LogP contribution in [0, 0.1) is 28.6 Å². The van der Waals surface area contributed by atoms with Gasteiger partial charge in [0, 0.05) is 22.1 Å². The van der Waals surface area contributed by atoms with Crippen molar-refractivity contribution < 1.29 is 14.3 Å². The first-order valence-corrected chi connectivity index (χ1v) is 9.42. The maximum Gasteiger partial charge on any atom is 0.327 e. The maximum atomic E-state index is 13.2. The molecule has 0 saturated carbocycles. The van der Waals surface area contributed by atoms with Crippen molar-refractivity contribution in [2.24, 2.45) is 5.92 Å². The van der Waals surface area contributed by atoms with Gasteiger partial charge in [0.25, 0.3) is 5.91 Å². The van der Waals surface area contributed by atoms with Crippen LogP contribution in [0.15, 0.2) is 53.0 Å². The van der Waals surface area contributed by atoms with Gasteiger partial charge in [0.05, 0.1) is 18.7 Å². The van der Waals surface area contributed by atoms with Gasteiger partial charge in [-0.25, -0.2) is 0 Å². The molecule has 28 heavy (non-hydrogen) atoms. The van der Waals surface area contributed by atoms with Crippen LogP contribution in [-0.4, -0.2) is 23.4 Å². The summed E-state index contributed by atoms with van der Waals surface area (Å²) in [4.78, 5) is 27.0. The maximum absolute atomic E-state index is 13.2. The highest BCUT2D eigenvalue weighted by molar-refractivity contribution is 9.10. The molecule has 2 atom stereocenters. The molecule has 6 nitrogen and oxygen atoms in total. The van der Waals surface area contributed by atoms with Crippen molar-refractivity contribution in [2.45, 2.75) is 19.0 Å². The van der Waals surface area contributed by atoms with Gasteiger partial charge in [0.2, 0.25) is 0 Å². The minimum Gasteiger partial charge on any atom is -0.465 e. The molecule has 0 spiro atoms. The zero-order valence-corrected chi connectivity index (χ0v) is 16.6. The smallest absolute Gasteiger partial charge is 0.327 e. The van der Waals surface area contributed by atoms with Crippen molar-refractivity contribution >= 4 is 27.8 Å². The van der Waals surface area contributed by atoms with Crippen molar-refractivity contribution in [1.29, 1.82) is 10.5 Å². The Morgan fingerprint density at radius 3 is 2.64 bits per heavy atom. The number of amides is 1. The number of halogens is 1. The van der Waals surface area contributed by atoms with Gasteiger partial charge >= 0.3 is 5.97 Å². The molecule has 3 rings (SSSR count). The fraction of sp³-hybridized carbons (Fsp3) is 0.238. The number of nitrogens with zero attached hydrogens (tertiary/aromatic N) is 3. The van der Waals surface area contributed by atoms with E-state index in [1.54, 1.807) is 31.2 Å². The third kappa shape index (κ3) is 3.04. The molecule has 2 aromatic rings. The predicted octanol–water partition coefficient (Wildman–Crippen LogP) is 3.53. The fourth-order valence-electron chi connectivity index (χ4n) is 3.51. The Labute approximate surface area is 171 Å². The zero-order valence-electron chi connectivity index (χ0n) is 15.1. The molecule has 0 bridgehead atoms. The average molecular weight is 438 g/mol. The number of hydrogen-bond donors (Lipinski definition) is 0. The molecular formula is C21H16BrN3O3. The van der Waals surface area contributed by atoms with Crippen LogP contribution in [-0.2, 0) is 21.6 Å². The summed E-state index contributed by atoms with van der Waals surface area (Å²) in [5.74, 6) is -2.70. The second kappa shape index (κ2) is 7.84. The highest BCUT2D eigenvalue weighted by atomic mass is 79.9. The molecule has 1 aliphatic rings. The minimum absolute atomic E-state index is 0.0676. The van der Waals surface area contributed by atoms with Crippen LogP contribution < -0.4 is 0 Å². The molecule has 0 radical (unpaired) electrons. The predicted molar refractivity (Wildman–Crippen MR) is 103 cm³/mol. The van der Waals surface area contributed by atoms with Gasteiger partial charge in [-0.2, -0.15) is 10.5 Å². The average Bonchev–Trinajstić information content (AvgIpc) is 2.92. The Morgan fingerprint density at radius 1 is 1.25 bits per heavy atom. The quantitative estimate of drug-likeness (QED) is 0.666. The SMILES string of the molecule is CCOC(=O)C(C#N)C1(C#N)c2ccccc2C(=O)N1Cc1cccc(Br)c1. The number of fused-ring (bicyclic) bond motifs is 1. The fourth-order valence-corrected chi connectivity index (χ4v) is 3.95. The van der Waals surface area contributed by atoms with Gasteiger partial charge in [-0.15, -0.1) is 0 Å². The lowest BCUT2D eigenvalue weighted by atomic mass is 9.79. The topological polar surface area (TPSA) is 94.2 Å². The van der Waals surface area contributed by atoms with E-state index in [1.165, 1.54) is 4.90 Å². The molecule has 1 heterocycles. The molecule has 7 heteroatoms. The molecule has 1 amide bonds. The number of hydrogen-bond acceptors (Lipinski definition) is 5. The molecule has 2 aromatic carbocycles. The van der Waals surface area contributed by atoms with E-state index in [9.17, 15) is 20.1 Å². The van der Waals surface area contributed by atoms with Crippen LogP contribution in [0.25, 0.3) is 0 Å². The lowest BCUT2D eigenvalue weighted by molar-refractivity contribution is -0.149. The summed E-state index contributed by atoms with van der Waals surface area (Å²) in [6, 6.07) is 17.9. The van der Waals surface area contributed by atoms with Crippen LogP contribution >= 0.6 is 15.9 Å². The number of carbonyl (C=O) groups is 2. The molecule has 1 aliphatic heterocycles. The Kier molecular flexibility index (Phi) is 5.48. The molecule has 140 valence electrons. The Balaban J connectivity index is 2.19. The van der Waals surface area contributed by atoms with E-state index in [0.717, 1.165) is 10.0 Å². The van der Waals surface area contributed by atoms with Crippen molar-refractivity contribution in [3.8, 4) is 12.1 Å². The van der Waals surface area contributed by atoms with Crippen LogP contribution in [0.2, 0.25) is 0 Å². The number of benzene rings is 2. The van der Waals surface area contributed by atoms with E-state index in [1.807, 2.05) is 30.3 Å². The van der Waals surface area contributed by atoms with Crippen molar-refractivity contribution in [3.05, 3.63) is 69.7 Å². The summed E-state index contributed by atoms with van der Waals surface area (Å²) < 4.78 is 5.86. The monoisotopic (exact) mass is 437 g/mol. The van der Waals surface area contributed by atoms with Gasteiger partial charge in [-0.3, -0.25) is 9.59 Å². The summed E-state index contributed by atoms with van der Waals surface area (Å²) in [6.45, 7) is 1.76. The molecule has 0 aromatic heterocycles. The zero-order chi connectivity index (χ0) is 20.3. The van der Waals surface area contributed by atoms with E-state index in [0.29, 0.717) is 11.1 Å². The molecular weight excluding hydrogens is 422 g/mol. The van der Waals surface area contributed by atoms with E-state index >= 15 is 0 Å². The van der Waals surface area contributed by atoms with E-state index in [2.05, 4.69) is 22.0 Å². The molecule has 0 saturated heterocycles. The van der Waals surface area contributed by atoms with Gasteiger partial charge in [0.15, 0.2) is 11.5 Å². The van der Waals surface area contributed by atoms with Crippen LogP contribution in [0.3, 0.4) is 0 Å². The summed E-state index contributed by atoms with van der Waals surface area (Å²) >= 11 is 3.39. The molecule has 0 aliphatic carbocycles. The van der Waals surface area contributed by atoms with Gasteiger partial charge in [0.1, 0.15) is 0 Å². The first kappa shape index (κ1) is 19.6. The standard InChI is InChI=1S/C21H16BrN3O3/c1-2-28-20(27)18(11-23)21(13-24)17-9-4-3-8-16(17)19(26)25(21)12-14-6-5-7-15(22)10-14/h3-10,18H,2,12H2,1H3. The second-order valence-electron chi connectivity index (χ2n) is 6.26. The summed E-state index contributed by atoms with van der Waals surface area (Å²) in [5.41, 5.74) is -0.354. The third-order valence-corrected chi connectivity index (χ3v) is 5.20. The normalized spacial score (nSPS) is 18.7. The lowest BCUT2D eigenvalue weighted by Gasteiger charge is -2.35. The number of nitriles is 2. The first-order chi connectivity index (χ1) is 13.5. The first-order valence-electron chi connectivity index (χ1n) is 8.63. The highest BCUT2D eigenvalue weighted by Gasteiger charge is 2.58. The number of esters is 1. The number of rotatable bonds is 5. The lowest BCUT2D eigenvalue weighted by Crippen LogP contribution is -2.50. The molecule has 0 fully saturated rings. The highest BCUT2D eigenvalue weighted by Crippen LogP contribution is 2.45. The molecule has 0 N–H and O–H groups in total. The van der Waals surface area contributed by atoms with Crippen LogP contribution in [0.1, 0.15) is 28.4 Å². The summed E-state index contributed by atoms with van der Waals surface area (Å²) in [5, 5.41) is 20.0. The van der Waals surface area contributed by atoms with E-state index in [-0.39, 0.29) is 13.2 Å². The minimum atomic E-state index is -1.77. The van der Waals surface area contributed by atoms with Crippen LogP contribution in [0.4, 0.5) is 0 Å². The molecule has 2 unspecified atom stereocenters. The van der Waals surface area contributed by atoms with Crippen molar-refractivity contribution in [2.75, 3.05) is 6.61 Å². The third-order valence-electron chi connectivity index (χ3n) is 4.71. The van der Waals surface area contributed by atoms with Gasteiger partial charge < -0.3 is 9.64 Å². The Bertz CT molecular complexity index is 1020. The second-order valence-corrected chi connectivity index (χ2v) is 7.17. The number of ether oxygens (including phenoxy) is 1. The summed E-state index contributed by atoms with van der Waals surface area (Å²) in [6.07, 6.45) is 0. The van der Waals surface area contributed by atoms with E-state index < -0.39 is 23.3 Å². The van der Waals surface area contributed by atoms with Gasteiger partial charge in [-0.1, -0.05) is 46.3 Å². The summed E-state index contributed by atoms with van der Waals surface area (Å²) in [7, 11) is 0. The number of carbonyl (C=O) groups excluding carboxylic acids is 2.